The highest BCUT2D eigenvalue weighted by atomic mass is 16.3. The SMILES string of the molecule is C[C@@H]1CCc2c1cncc2[C@@H](O)C1C[C@@H](C)c2cncc(C=O)c21. The van der Waals surface area contributed by atoms with Crippen LogP contribution in [0.25, 0.3) is 0 Å². The average Bonchev–Trinajstić information content (AvgIpc) is 3.15. The molecule has 0 saturated carbocycles. The standard InChI is InChI=1S/C20H22N2O2/c1-11-3-4-14-16(11)7-22-9-18(14)20(24)15-5-12(2)17-8-21-6-13(10-23)19(15)17/h6-12,15,20,24H,3-5H2,1-2H3/t11-,12-,15?,20+/m1/s1. The van der Waals surface area contributed by atoms with Crippen LogP contribution in [0.4, 0.5) is 0 Å². The molecule has 2 aliphatic carbocycles. The van der Waals surface area contributed by atoms with Gasteiger partial charge >= 0.3 is 0 Å². The summed E-state index contributed by atoms with van der Waals surface area (Å²) < 4.78 is 0. The van der Waals surface area contributed by atoms with Crippen LogP contribution < -0.4 is 0 Å². The number of nitrogens with zero attached hydrogens (tertiary/aromatic N) is 2. The van der Waals surface area contributed by atoms with Crippen LogP contribution >= 0.6 is 0 Å². The number of carbonyl (C=O) groups is 1. The molecule has 0 aromatic carbocycles. The fraction of sp³-hybridized carbons (Fsp3) is 0.450. The molecule has 0 saturated heterocycles. The first-order valence-electron chi connectivity index (χ1n) is 8.69. The van der Waals surface area contributed by atoms with Crippen molar-refractivity contribution in [3.63, 3.8) is 0 Å². The van der Waals surface area contributed by atoms with E-state index in [4.69, 9.17) is 0 Å². The molecule has 4 rings (SSSR count). The summed E-state index contributed by atoms with van der Waals surface area (Å²) in [6.07, 6.45) is 10.4. The van der Waals surface area contributed by atoms with E-state index in [-0.39, 0.29) is 5.92 Å². The minimum Gasteiger partial charge on any atom is -0.388 e. The number of hydrogen-bond acceptors (Lipinski definition) is 4. The van der Waals surface area contributed by atoms with Crippen LogP contribution in [-0.4, -0.2) is 21.4 Å². The summed E-state index contributed by atoms with van der Waals surface area (Å²) >= 11 is 0. The van der Waals surface area contributed by atoms with Gasteiger partial charge in [0.05, 0.1) is 6.10 Å². The van der Waals surface area contributed by atoms with Gasteiger partial charge < -0.3 is 5.11 Å². The molecule has 4 nitrogen and oxygen atoms in total. The van der Waals surface area contributed by atoms with E-state index in [1.807, 2.05) is 18.6 Å². The number of hydrogen-bond donors (Lipinski definition) is 1. The third-order valence-corrected chi connectivity index (χ3v) is 5.87. The molecule has 1 N–H and O–H groups in total. The molecule has 124 valence electrons. The van der Waals surface area contributed by atoms with Gasteiger partial charge in [-0.25, -0.2) is 0 Å². The third-order valence-electron chi connectivity index (χ3n) is 5.87. The van der Waals surface area contributed by atoms with Crippen molar-refractivity contribution in [1.82, 2.24) is 9.97 Å². The zero-order valence-corrected chi connectivity index (χ0v) is 14.1. The molecule has 0 spiro atoms. The Morgan fingerprint density at radius 3 is 2.67 bits per heavy atom. The predicted octanol–water partition coefficient (Wildman–Crippen LogP) is 3.66. The summed E-state index contributed by atoms with van der Waals surface area (Å²) in [5.41, 5.74) is 6.14. The lowest BCUT2D eigenvalue weighted by Crippen LogP contribution is -2.13. The van der Waals surface area contributed by atoms with Gasteiger partial charge in [0.15, 0.2) is 6.29 Å². The molecular weight excluding hydrogens is 300 g/mol. The van der Waals surface area contributed by atoms with Crippen LogP contribution in [0.15, 0.2) is 24.8 Å². The Morgan fingerprint density at radius 2 is 1.88 bits per heavy atom. The van der Waals surface area contributed by atoms with Crippen molar-refractivity contribution in [3.8, 4) is 0 Å². The molecule has 2 aliphatic rings. The van der Waals surface area contributed by atoms with Crippen molar-refractivity contribution in [3.05, 3.63) is 58.2 Å². The molecular formula is C20H22N2O2. The minimum absolute atomic E-state index is 0.0672. The Labute approximate surface area is 142 Å². The fourth-order valence-corrected chi connectivity index (χ4v) is 4.55. The molecule has 2 heterocycles. The number of rotatable bonds is 3. The molecule has 0 radical (unpaired) electrons. The zero-order valence-electron chi connectivity index (χ0n) is 14.1. The highest BCUT2D eigenvalue weighted by Crippen LogP contribution is 2.49. The maximum atomic E-state index is 11.5. The lowest BCUT2D eigenvalue weighted by molar-refractivity contribution is 0.111. The number of aliphatic hydroxyl groups excluding tert-OH is 1. The summed E-state index contributed by atoms with van der Waals surface area (Å²) in [5.74, 6) is 0.738. The van der Waals surface area contributed by atoms with Crippen LogP contribution in [0.1, 0.15) is 88.7 Å². The number of aldehydes is 1. The quantitative estimate of drug-likeness (QED) is 0.876. The molecule has 0 aliphatic heterocycles. The van der Waals surface area contributed by atoms with Crippen LogP contribution in [0.5, 0.6) is 0 Å². The smallest absolute Gasteiger partial charge is 0.151 e. The van der Waals surface area contributed by atoms with Crippen molar-refractivity contribution in [1.29, 1.82) is 0 Å². The van der Waals surface area contributed by atoms with Crippen LogP contribution in [0.2, 0.25) is 0 Å². The van der Waals surface area contributed by atoms with Gasteiger partial charge in [-0.2, -0.15) is 0 Å². The highest BCUT2D eigenvalue weighted by Gasteiger charge is 2.37. The maximum Gasteiger partial charge on any atom is 0.151 e. The Hall–Kier alpha value is -2.07. The number of carbonyl (C=O) groups excluding carboxylic acids is 1. The summed E-state index contributed by atoms with van der Waals surface area (Å²) in [7, 11) is 0. The first-order chi connectivity index (χ1) is 11.6. The summed E-state index contributed by atoms with van der Waals surface area (Å²) in [4.78, 5) is 20.0. The van der Waals surface area contributed by atoms with E-state index in [9.17, 15) is 9.90 Å². The second kappa shape index (κ2) is 5.78. The molecule has 0 amide bonds. The molecule has 1 unspecified atom stereocenters. The van der Waals surface area contributed by atoms with Gasteiger partial charge in [0.25, 0.3) is 0 Å². The molecule has 2 aromatic heterocycles. The monoisotopic (exact) mass is 322 g/mol. The number of fused-ring (bicyclic) bond motifs is 2. The Kier molecular flexibility index (Phi) is 3.72. The van der Waals surface area contributed by atoms with Gasteiger partial charge in [0.1, 0.15) is 0 Å². The maximum absolute atomic E-state index is 11.5. The van der Waals surface area contributed by atoms with Crippen molar-refractivity contribution in [2.24, 2.45) is 0 Å². The van der Waals surface area contributed by atoms with E-state index in [0.717, 1.165) is 42.2 Å². The lowest BCUT2D eigenvalue weighted by atomic mass is 9.86. The molecule has 2 aromatic rings. The van der Waals surface area contributed by atoms with Gasteiger partial charge in [0.2, 0.25) is 0 Å². The van der Waals surface area contributed by atoms with E-state index in [1.165, 1.54) is 11.1 Å². The van der Waals surface area contributed by atoms with E-state index in [0.29, 0.717) is 17.4 Å². The normalized spacial score (nSPS) is 26.0. The van der Waals surface area contributed by atoms with Gasteiger partial charge in [-0.1, -0.05) is 13.8 Å². The van der Waals surface area contributed by atoms with Crippen LogP contribution in [-0.2, 0) is 6.42 Å². The second-order valence-corrected chi connectivity index (χ2v) is 7.27. The molecule has 4 atom stereocenters. The number of aromatic nitrogens is 2. The fourth-order valence-electron chi connectivity index (χ4n) is 4.55. The average molecular weight is 322 g/mol. The van der Waals surface area contributed by atoms with E-state index < -0.39 is 6.10 Å². The van der Waals surface area contributed by atoms with Crippen molar-refractivity contribution in [2.45, 2.75) is 57.0 Å². The Morgan fingerprint density at radius 1 is 1.12 bits per heavy atom. The number of pyridine rings is 2. The topological polar surface area (TPSA) is 63.1 Å². The highest BCUT2D eigenvalue weighted by molar-refractivity contribution is 5.78. The predicted molar refractivity (Wildman–Crippen MR) is 91.3 cm³/mol. The van der Waals surface area contributed by atoms with Crippen molar-refractivity contribution < 1.29 is 9.90 Å². The van der Waals surface area contributed by atoms with Gasteiger partial charge in [-0.05, 0) is 53.4 Å². The zero-order chi connectivity index (χ0) is 16.8. The Balaban J connectivity index is 1.79. The van der Waals surface area contributed by atoms with Gasteiger partial charge in [-0.15, -0.1) is 0 Å². The number of aliphatic hydroxyl groups is 1. The first-order valence-corrected chi connectivity index (χ1v) is 8.69. The molecule has 0 fully saturated rings. The second-order valence-electron chi connectivity index (χ2n) is 7.27. The van der Waals surface area contributed by atoms with E-state index >= 15 is 0 Å². The summed E-state index contributed by atoms with van der Waals surface area (Å²) in [5, 5.41) is 11.2. The van der Waals surface area contributed by atoms with Crippen molar-refractivity contribution >= 4 is 6.29 Å². The van der Waals surface area contributed by atoms with Gasteiger partial charge in [0, 0.05) is 41.8 Å². The summed E-state index contributed by atoms with van der Waals surface area (Å²) in [6.45, 7) is 4.35. The van der Waals surface area contributed by atoms with E-state index in [2.05, 4.69) is 23.8 Å². The summed E-state index contributed by atoms with van der Waals surface area (Å²) in [6, 6.07) is 0. The van der Waals surface area contributed by atoms with Crippen LogP contribution in [0.3, 0.4) is 0 Å². The lowest BCUT2D eigenvalue weighted by Gasteiger charge is -2.23. The van der Waals surface area contributed by atoms with Crippen LogP contribution in [0, 0.1) is 0 Å². The largest absolute Gasteiger partial charge is 0.388 e. The third kappa shape index (κ3) is 2.20. The molecule has 0 bridgehead atoms. The Bertz CT molecular complexity index is 802. The van der Waals surface area contributed by atoms with Crippen molar-refractivity contribution in [2.75, 3.05) is 0 Å². The molecule has 24 heavy (non-hydrogen) atoms. The van der Waals surface area contributed by atoms with Gasteiger partial charge in [-0.3, -0.25) is 14.8 Å². The first kappa shape index (κ1) is 15.5. The molecule has 4 heteroatoms. The minimum atomic E-state index is -0.623. The van der Waals surface area contributed by atoms with E-state index in [1.54, 1.807) is 6.20 Å².